The van der Waals surface area contributed by atoms with Crippen LogP contribution in [0.1, 0.15) is 24.8 Å². The van der Waals surface area contributed by atoms with Crippen LogP contribution in [0.4, 0.5) is 11.4 Å². The molecule has 2 rings (SSSR count). The molecule has 7 heteroatoms. The molecular formula is C13H13N3O4. The van der Waals surface area contributed by atoms with Crippen molar-refractivity contribution in [2.24, 2.45) is 0 Å². The summed E-state index contributed by atoms with van der Waals surface area (Å²) < 4.78 is 0. The second-order valence-corrected chi connectivity index (χ2v) is 4.66. The lowest BCUT2D eigenvalue weighted by molar-refractivity contribution is -0.385. The largest absolute Gasteiger partial charge is 0.481 e. The predicted octanol–water partition coefficient (Wildman–Crippen LogP) is 1.91. The third-order valence-corrected chi connectivity index (χ3v) is 3.42. The number of hydrogen-bond donors (Lipinski definition) is 1. The van der Waals surface area contributed by atoms with Gasteiger partial charge in [0.15, 0.2) is 0 Å². The number of nitro benzene ring substituents is 1. The van der Waals surface area contributed by atoms with Gasteiger partial charge in [0.1, 0.15) is 11.6 Å². The van der Waals surface area contributed by atoms with Crippen molar-refractivity contribution in [3.05, 3.63) is 33.9 Å². The minimum absolute atomic E-state index is 0.00604. The molecule has 0 aromatic heterocycles. The summed E-state index contributed by atoms with van der Waals surface area (Å²) in [6, 6.07) is 6.01. The molecular weight excluding hydrogens is 262 g/mol. The number of carboxylic acids is 1. The van der Waals surface area contributed by atoms with Crippen molar-refractivity contribution in [2.45, 2.75) is 25.3 Å². The second kappa shape index (κ2) is 5.57. The number of carboxylic acid groups (broad SMARTS) is 1. The smallest absolute Gasteiger partial charge is 0.305 e. The van der Waals surface area contributed by atoms with Crippen LogP contribution in [0.5, 0.6) is 0 Å². The van der Waals surface area contributed by atoms with E-state index in [4.69, 9.17) is 10.4 Å². The number of benzene rings is 1. The average molecular weight is 275 g/mol. The van der Waals surface area contributed by atoms with Crippen molar-refractivity contribution in [3.63, 3.8) is 0 Å². The number of aliphatic carboxylic acids is 1. The molecule has 7 nitrogen and oxygen atoms in total. The fourth-order valence-electron chi connectivity index (χ4n) is 2.54. The van der Waals surface area contributed by atoms with Gasteiger partial charge in [0.2, 0.25) is 0 Å². The molecule has 1 N–H and O–H groups in total. The van der Waals surface area contributed by atoms with Gasteiger partial charge < -0.3 is 10.0 Å². The molecule has 0 saturated carbocycles. The van der Waals surface area contributed by atoms with Gasteiger partial charge in [0, 0.05) is 24.3 Å². The molecule has 0 amide bonds. The molecule has 1 aliphatic heterocycles. The molecule has 1 fully saturated rings. The van der Waals surface area contributed by atoms with E-state index < -0.39 is 10.9 Å². The van der Waals surface area contributed by atoms with Gasteiger partial charge in [0.05, 0.1) is 11.3 Å². The fourth-order valence-corrected chi connectivity index (χ4v) is 2.54. The van der Waals surface area contributed by atoms with E-state index in [-0.39, 0.29) is 23.7 Å². The van der Waals surface area contributed by atoms with Gasteiger partial charge in [0.25, 0.3) is 5.69 Å². The predicted molar refractivity (Wildman–Crippen MR) is 70.4 cm³/mol. The molecule has 20 heavy (non-hydrogen) atoms. The van der Waals surface area contributed by atoms with E-state index >= 15 is 0 Å². The SMILES string of the molecule is N#Cc1cc(N2CCCC2CC(=O)O)ccc1[N+](=O)[O-]. The van der Waals surface area contributed by atoms with E-state index in [1.54, 1.807) is 6.07 Å². The highest BCUT2D eigenvalue weighted by molar-refractivity contribution is 5.69. The Kier molecular flexibility index (Phi) is 3.84. The van der Waals surface area contributed by atoms with Gasteiger partial charge in [-0.1, -0.05) is 0 Å². The van der Waals surface area contributed by atoms with Crippen molar-refractivity contribution in [2.75, 3.05) is 11.4 Å². The van der Waals surface area contributed by atoms with Crippen LogP contribution >= 0.6 is 0 Å². The van der Waals surface area contributed by atoms with Crippen LogP contribution in [0.2, 0.25) is 0 Å². The maximum absolute atomic E-state index is 10.8. The number of anilines is 1. The summed E-state index contributed by atoms with van der Waals surface area (Å²) in [4.78, 5) is 22.9. The van der Waals surface area contributed by atoms with E-state index in [2.05, 4.69) is 0 Å². The van der Waals surface area contributed by atoms with Gasteiger partial charge in [-0.3, -0.25) is 14.9 Å². The van der Waals surface area contributed by atoms with Crippen molar-refractivity contribution in [1.82, 2.24) is 0 Å². The molecule has 0 radical (unpaired) electrons. The van der Waals surface area contributed by atoms with Gasteiger partial charge in [-0.15, -0.1) is 0 Å². The monoisotopic (exact) mass is 275 g/mol. The summed E-state index contributed by atoms with van der Waals surface area (Å²) in [5.74, 6) is -0.871. The number of hydrogen-bond acceptors (Lipinski definition) is 5. The minimum atomic E-state index is -0.871. The number of nitro groups is 1. The van der Waals surface area contributed by atoms with Crippen LogP contribution in [-0.2, 0) is 4.79 Å². The van der Waals surface area contributed by atoms with Crippen LogP contribution < -0.4 is 4.90 Å². The Balaban J connectivity index is 2.31. The van der Waals surface area contributed by atoms with E-state index in [0.29, 0.717) is 12.2 Å². The number of carbonyl (C=O) groups is 1. The van der Waals surface area contributed by atoms with E-state index in [1.165, 1.54) is 12.1 Å². The van der Waals surface area contributed by atoms with Crippen LogP contribution in [0.3, 0.4) is 0 Å². The molecule has 1 aromatic rings. The van der Waals surface area contributed by atoms with Crippen molar-refractivity contribution < 1.29 is 14.8 Å². The third kappa shape index (κ3) is 2.69. The van der Waals surface area contributed by atoms with Gasteiger partial charge >= 0.3 is 5.97 Å². The molecule has 1 heterocycles. The highest BCUT2D eigenvalue weighted by Crippen LogP contribution is 2.30. The molecule has 1 aliphatic rings. The van der Waals surface area contributed by atoms with Crippen molar-refractivity contribution in [1.29, 1.82) is 5.26 Å². The number of nitrogens with zero attached hydrogens (tertiary/aromatic N) is 3. The van der Waals surface area contributed by atoms with Gasteiger partial charge in [-0.05, 0) is 25.0 Å². The zero-order chi connectivity index (χ0) is 14.7. The first-order chi connectivity index (χ1) is 9.52. The Morgan fingerprint density at radius 1 is 1.60 bits per heavy atom. The Morgan fingerprint density at radius 2 is 2.35 bits per heavy atom. The second-order valence-electron chi connectivity index (χ2n) is 4.66. The summed E-state index contributed by atoms with van der Waals surface area (Å²) in [5.41, 5.74) is 0.426. The summed E-state index contributed by atoms with van der Waals surface area (Å²) in [5, 5.41) is 28.7. The first-order valence-electron chi connectivity index (χ1n) is 6.20. The fraction of sp³-hybridized carbons (Fsp3) is 0.385. The zero-order valence-corrected chi connectivity index (χ0v) is 10.7. The molecule has 0 spiro atoms. The van der Waals surface area contributed by atoms with Crippen LogP contribution in [-0.4, -0.2) is 28.6 Å². The van der Waals surface area contributed by atoms with E-state index in [1.807, 2.05) is 11.0 Å². The van der Waals surface area contributed by atoms with E-state index in [9.17, 15) is 14.9 Å². The zero-order valence-electron chi connectivity index (χ0n) is 10.7. The minimum Gasteiger partial charge on any atom is -0.481 e. The quantitative estimate of drug-likeness (QED) is 0.664. The standard InChI is InChI=1S/C13H13N3O4/c14-8-9-6-11(3-4-12(9)16(19)20)15-5-1-2-10(15)7-13(17)18/h3-4,6,10H,1-2,5,7H2,(H,17,18). The molecule has 104 valence electrons. The Morgan fingerprint density at radius 3 is 2.95 bits per heavy atom. The Hall–Kier alpha value is -2.62. The molecule has 0 bridgehead atoms. The van der Waals surface area contributed by atoms with Crippen LogP contribution in [0.15, 0.2) is 18.2 Å². The molecule has 1 aromatic carbocycles. The summed E-state index contributed by atoms with van der Waals surface area (Å²) >= 11 is 0. The normalized spacial score (nSPS) is 17.8. The molecule has 0 aliphatic carbocycles. The number of rotatable bonds is 4. The lowest BCUT2D eigenvalue weighted by Crippen LogP contribution is -2.31. The maximum Gasteiger partial charge on any atom is 0.305 e. The molecule has 1 saturated heterocycles. The topological polar surface area (TPSA) is 107 Å². The third-order valence-electron chi connectivity index (χ3n) is 3.42. The summed E-state index contributed by atoms with van der Waals surface area (Å²) in [6.45, 7) is 0.695. The van der Waals surface area contributed by atoms with Crippen LogP contribution in [0, 0.1) is 21.4 Å². The molecule has 1 unspecified atom stereocenters. The van der Waals surface area contributed by atoms with Gasteiger partial charge in [-0.2, -0.15) is 5.26 Å². The van der Waals surface area contributed by atoms with E-state index in [0.717, 1.165) is 12.8 Å². The summed E-state index contributed by atoms with van der Waals surface area (Å²) in [7, 11) is 0. The lowest BCUT2D eigenvalue weighted by Gasteiger charge is -2.25. The first kappa shape index (κ1) is 13.8. The first-order valence-corrected chi connectivity index (χ1v) is 6.20. The lowest BCUT2D eigenvalue weighted by atomic mass is 10.1. The van der Waals surface area contributed by atoms with Crippen molar-refractivity contribution >= 4 is 17.3 Å². The maximum atomic E-state index is 10.8. The molecule has 1 atom stereocenters. The Bertz CT molecular complexity index is 594. The average Bonchev–Trinajstić information content (AvgIpc) is 2.85. The highest BCUT2D eigenvalue weighted by Gasteiger charge is 2.28. The van der Waals surface area contributed by atoms with Crippen LogP contribution in [0.25, 0.3) is 0 Å². The number of nitriles is 1. The van der Waals surface area contributed by atoms with Gasteiger partial charge in [-0.25, -0.2) is 0 Å². The highest BCUT2D eigenvalue weighted by atomic mass is 16.6. The summed E-state index contributed by atoms with van der Waals surface area (Å²) in [6.07, 6.45) is 1.67. The Labute approximate surface area is 115 Å². The van der Waals surface area contributed by atoms with Crippen molar-refractivity contribution in [3.8, 4) is 6.07 Å².